The summed E-state index contributed by atoms with van der Waals surface area (Å²) in [5.74, 6) is 8.56. The van der Waals surface area contributed by atoms with Crippen LogP contribution in [0.2, 0.25) is 0 Å². The lowest BCUT2D eigenvalue weighted by atomic mass is 10.2. The average molecular weight is 287 g/mol. The smallest absolute Gasteiger partial charge is 0.148 e. The van der Waals surface area contributed by atoms with Crippen molar-refractivity contribution in [1.29, 1.82) is 0 Å². The van der Waals surface area contributed by atoms with Gasteiger partial charge < -0.3 is 15.1 Å². The van der Waals surface area contributed by atoms with E-state index in [-0.39, 0.29) is 0 Å². The van der Waals surface area contributed by atoms with Gasteiger partial charge in [-0.2, -0.15) is 0 Å². The van der Waals surface area contributed by atoms with Gasteiger partial charge in [-0.3, -0.25) is 0 Å². The number of nitrogens with one attached hydrogen (secondary N) is 1. The fourth-order valence-corrected chi connectivity index (χ4v) is 2.21. The highest BCUT2D eigenvalue weighted by atomic mass is 16.5. The summed E-state index contributed by atoms with van der Waals surface area (Å²) >= 11 is 0. The molecule has 2 rings (SSSR count). The molecule has 0 fully saturated rings. The number of ether oxygens (including phenoxy) is 1. The summed E-state index contributed by atoms with van der Waals surface area (Å²) in [4.78, 5) is 10.9. The van der Waals surface area contributed by atoms with E-state index in [9.17, 15) is 0 Å². The average Bonchev–Trinajstić information content (AvgIpc) is 2.49. The number of aryl methyl sites for hydroxylation is 1. The van der Waals surface area contributed by atoms with Gasteiger partial charge >= 0.3 is 0 Å². The molecule has 0 radical (unpaired) electrons. The summed E-state index contributed by atoms with van der Waals surface area (Å²) in [6.07, 6.45) is 0. The molecule has 0 spiro atoms. The highest BCUT2D eigenvalue weighted by Gasteiger charge is 2.12. The van der Waals surface area contributed by atoms with Crippen molar-refractivity contribution in [3.63, 3.8) is 0 Å². The minimum absolute atomic E-state index is 0.652. The minimum Gasteiger partial charge on any atom is -0.497 e. The van der Waals surface area contributed by atoms with Crippen molar-refractivity contribution in [2.75, 3.05) is 24.5 Å². The van der Waals surface area contributed by atoms with E-state index in [0.29, 0.717) is 11.6 Å². The van der Waals surface area contributed by atoms with Crippen LogP contribution in [0.4, 0.5) is 11.6 Å². The van der Waals surface area contributed by atoms with E-state index in [0.717, 1.165) is 23.7 Å². The number of methoxy groups -OCH3 is 1. The monoisotopic (exact) mass is 287 g/mol. The maximum absolute atomic E-state index is 5.50. The van der Waals surface area contributed by atoms with E-state index in [4.69, 9.17) is 10.6 Å². The number of benzene rings is 1. The summed E-state index contributed by atoms with van der Waals surface area (Å²) in [6.45, 7) is 4.55. The van der Waals surface area contributed by atoms with Crippen molar-refractivity contribution in [2.24, 2.45) is 5.84 Å². The molecular formula is C15H21N5O. The predicted octanol–water partition coefficient (Wildman–Crippen LogP) is 2.02. The Morgan fingerprint density at radius 1 is 1.19 bits per heavy atom. The van der Waals surface area contributed by atoms with Crippen molar-refractivity contribution >= 4 is 11.6 Å². The molecule has 0 unspecified atom stereocenters. The van der Waals surface area contributed by atoms with Crippen molar-refractivity contribution in [3.8, 4) is 5.75 Å². The largest absolute Gasteiger partial charge is 0.497 e. The van der Waals surface area contributed by atoms with E-state index in [2.05, 4.69) is 20.3 Å². The molecule has 0 bridgehead atoms. The maximum Gasteiger partial charge on any atom is 0.148 e. The second kappa shape index (κ2) is 6.41. The number of aromatic nitrogens is 2. The Balaban J connectivity index is 2.23. The molecule has 112 valence electrons. The van der Waals surface area contributed by atoms with Gasteiger partial charge in [0.1, 0.15) is 23.2 Å². The number of hydrogen-bond donors (Lipinski definition) is 2. The van der Waals surface area contributed by atoms with E-state index in [1.54, 1.807) is 7.11 Å². The number of hydrogen-bond acceptors (Lipinski definition) is 6. The van der Waals surface area contributed by atoms with Gasteiger partial charge in [-0.05, 0) is 31.5 Å². The van der Waals surface area contributed by atoms with Crippen molar-refractivity contribution < 1.29 is 4.74 Å². The molecule has 1 aromatic carbocycles. The van der Waals surface area contributed by atoms with Crippen molar-refractivity contribution in [3.05, 3.63) is 41.2 Å². The molecule has 6 heteroatoms. The quantitative estimate of drug-likeness (QED) is 0.647. The Morgan fingerprint density at radius 3 is 2.43 bits per heavy atom. The van der Waals surface area contributed by atoms with Crippen LogP contribution in [-0.2, 0) is 6.54 Å². The van der Waals surface area contributed by atoms with Gasteiger partial charge in [-0.25, -0.2) is 15.8 Å². The molecule has 0 aliphatic heterocycles. The van der Waals surface area contributed by atoms with Gasteiger partial charge in [-0.1, -0.05) is 12.1 Å². The van der Waals surface area contributed by atoms with Crippen LogP contribution >= 0.6 is 0 Å². The van der Waals surface area contributed by atoms with E-state index in [1.807, 2.05) is 45.2 Å². The zero-order chi connectivity index (χ0) is 15.4. The number of nitrogens with zero attached hydrogens (tertiary/aromatic N) is 3. The molecule has 1 aromatic heterocycles. The standard InChI is InChI=1S/C15H21N5O/c1-10-14(19-16)17-11(2)18-15(10)20(3)9-12-5-7-13(21-4)8-6-12/h5-8H,9,16H2,1-4H3,(H,17,18,19). The Bertz CT molecular complexity index is 612. The van der Waals surface area contributed by atoms with Gasteiger partial charge in [-0.15, -0.1) is 0 Å². The van der Waals surface area contributed by atoms with E-state index in [1.165, 1.54) is 5.56 Å². The van der Waals surface area contributed by atoms with Crippen molar-refractivity contribution in [1.82, 2.24) is 9.97 Å². The number of nitrogen functional groups attached to an aromatic ring is 1. The Hall–Kier alpha value is -2.34. The van der Waals surface area contributed by atoms with Gasteiger partial charge in [0.05, 0.1) is 7.11 Å². The molecule has 0 aliphatic rings. The Morgan fingerprint density at radius 2 is 1.86 bits per heavy atom. The molecule has 1 heterocycles. The molecular weight excluding hydrogens is 266 g/mol. The molecule has 2 aromatic rings. The van der Waals surface area contributed by atoms with Crippen molar-refractivity contribution in [2.45, 2.75) is 20.4 Å². The predicted molar refractivity (Wildman–Crippen MR) is 84.4 cm³/mol. The third kappa shape index (κ3) is 3.41. The summed E-state index contributed by atoms with van der Waals surface area (Å²) < 4.78 is 5.17. The molecule has 21 heavy (non-hydrogen) atoms. The van der Waals surface area contributed by atoms with Crippen LogP contribution in [0.5, 0.6) is 5.75 Å². The first-order valence-electron chi connectivity index (χ1n) is 6.71. The molecule has 0 saturated heterocycles. The number of hydrazine groups is 1. The van der Waals surface area contributed by atoms with Crippen LogP contribution in [0.3, 0.4) is 0 Å². The second-order valence-corrected chi connectivity index (χ2v) is 4.92. The summed E-state index contributed by atoms with van der Waals surface area (Å²) in [6, 6.07) is 7.99. The third-order valence-electron chi connectivity index (χ3n) is 3.31. The van der Waals surface area contributed by atoms with Gasteiger partial charge in [0, 0.05) is 19.2 Å². The Kier molecular flexibility index (Phi) is 4.59. The molecule has 6 nitrogen and oxygen atoms in total. The van der Waals surface area contributed by atoms with Gasteiger partial charge in [0.15, 0.2) is 0 Å². The fraction of sp³-hybridized carbons (Fsp3) is 0.333. The van der Waals surface area contributed by atoms with E-state index < -0.39 is 0 Å². The highest BCUT2D eigenvalue weighted by Crippen LogP contribution is 2.23. The van der Waals surface area contributed by atoms with Gasteiger partial charge in [0.2, 0.25) is 0 Å². The molecule has 0 aliphatic carbocycles. The maximum atomic E-state index is 5.50. The minimum atomic E-state index is 0.652. The number of rotatable bonds is 5. The first-order valence-corrected chi connectivity index (χ1v) is 6.71. The first kappa shape index (κ1) is 15.1. The number of anilines is 2. The topological polar surface area (TPSA) is 76.3 Å². The summed E-state index contributed by atoms with van der Waals surface area (Å²) in [7, 11) is 3.66. The normalized spacial score (nSPS) is 10.3. The fourth-order valence-electron chi connectivity index (χ4n) is 2.21. The van der Waals surface area contributed by atoms with Crippen LogP contribution in [0.15, 0.2) is 24.3 Å². The summed E-state index contributed by atoms with van der Waals surface area (Å²) in [5, 5.41) is 0. The lowest BCUT2D eigenvalue weighted by Gasteiger charge is -2.22. The highest BCUT2D eigenvalue weighted by molar-refractivity contribution is 5.58. The van der Waals surface area contributed by atoms with Crippen LogP contribution in [0, 0.1) is 13.8 Å². The van der Waals surface area contributed by atoms with Crippen LogP contribution < -0.4 is 20.9 Å². The van der Waals surface area contributed by atoms with Crippen LogP contribution in [0.25, 0.3) is 0 Å². The van der Waals surface area contributed by atoms with Crippen LogP contribution in [-0.4, -0.2) is 24.1 Å². The SMILES string of the molecule is COc1ccc(CN(C)c2nc(C)nc(NN)c2C)cc1. The Labute approximate surface area is 124 Å². The second-order valence-electron chi connectivity index (χ2n) is 4.92. The first-order chi connectivity index (χ1) is 10.0. The summed E-state index contributed by atoms with van der Waals surface area (Å²) in [5.41, 5.74) is 4.72. The van der Waals surface area contributed by atoms with Crippen LogP contribution in [0.1, 0.15) is 17.0 Å². The van der Waals surface area contributed by atoms with E-state index >= 15 is 0 Å². The zero-order valence-corrected chi connectivity index (χ0v) is 12.8. The lowest BCUT2D eigenvalue weighted by molar-refractivity contribution is 0.414. The molecule has 0 atom stereocenters. The zero-order valence-electron chi connectivity index (χ0n) is 12.8. The third-order valence-corrected chi connectivity index (χ3v) is 3.31. The molecule has 0 amide bonds. The lowest BCUT2D eigenvalue weighted by Crippen LogP contribution is -2.21. The molecule has 0 saturated carbocycles. The number of nitrogens with two attached hydrogens (primary N) is 1. The van der Waals surface area contributed by atoms with Gasteiger partial charge in [0.25, 0.3) is 0 Å². The molecule has 3 N–H and O–H groups in total.